The molecular formula is C38H49N3O6. The molecule has 0 aromatic heterocycles. The molecule has 2 aliphatic rings. The van der Waals surface area contributed by atoms with Crippen LogP contribution in [0.1, 0.15) is 61.1 Å². The lowest BCUT2D eigenvalue weighted by molar-refractivity contribution is -0.127. The van der Waals surface area contributed by atoms with Gasteiger partial charge in [-0.1, -0.05) is 78.9 Å². The fraction of sp³-hybridized carbons (Fsp3) is 0.474. The molecular weight excluding hydrogens is 594 g/mol. The zero-order valence-electron chi connectivity index (χ0n) is 27.7. The van der Waals surface area contributed by atoms with Crippen molar-refractivity contribution in [3.8, 4) is 0 Å². The number of aliphatic hydroxyl groups is 2. The standard InChI is InChI=1S/C38H49N3O6/c1-38(2,3)47-37(45)39-32(22-26-9-5-4-6-10-26)33(42)24-30(36(44)40-35-31-12-8-7-11-29(31)23-34(35)43)21-27-13-15-28(16-14-27)25-41-17-19-46-20-18-41/h4-16,30,32-35,42-43H,17-25H2,1-3H3,(H,39,45)(H,40,44)/t30-,32-,33-,34+,35-/m0/s1. The quantitative estimate of drug-likeness (QED) is 0.232. The number of morpholine rings is 1. The largest absolute Gasteiger partial charge is 0.444 e. The molecule has 0 bridgehead atoms. The summed E-state index contributed by atoms with van der Waals surface area (Å²) in [5.41, 5.74) is 4.31. The average molecular weight is 644 g/mol. The number of hydrogen-bond donors (Lipinski definition) is 4. The molecule has 5 atom stereocenters. The first-order chi connectivity index (χ1) is 22.5. The number of carbonyl (C=O) groups is 2. The van der Waals surface area contributed by atoms with E-state index in [1.54, 1.807) is 20.8 Å². The number of benzene rings is 3. The molecule has 1 heterocycles. The van der Waals surface area contributed by atoms with E-state index in [-0.39, 0.29) is 12.3 Å². The van der Waals surface area contributed by atoms with Gasteiger partial charge in [0.15, 0.2) is 0 Å². The maximum absolute atomic E-state index is 14.1. The number of nitrogens with one attached hydrogen (secondary N) is 2. The zero-order valence-corrected chi connectivity index (χ0v) is 27.7. The number of rotatable bonds is 12. The second kappa shape index (κ2) is 15.9. The SMILES string of the molecule is CC(C)(C)OC(=O)N[C@@H](Cc1ccccc1)[C@@H](O)C[C@H](Cc1ccc(CN2CCOCC2)cc1)C(=O)N[C@H]1c2ccccc2C[C@H]1O. The number of alkyl carbamates (subject to hydrolysis) is 1. The molecule has 1 aliphatic heterocycles. The molecule has 3 aromatic rings. The van der Waals surface area contributed by atoms with Gasteiger partial charge in [0.1, 0.15) is 5.60 Å². The fourth-order valence-corrected chi connectivity index (χ4v) is 6.45. The smallest absolute Gasteiger partial charge is 0.407 e. The van der Waals surface area contributed by atoms with Crippen molar-refractivity contribution in [3.05, 3.63) is 107 Å². The van der Waals surface area contributed by atoms with Gasteiger partial charge < -0.3 is 30.3 Å². The molecule has 2 amide bonds. The normalized spacial score (nSPS) is 20.1. The van der Waals surface area contributed by atoms with Crippen LogP contribution in [0.15, 0.2) is 78.9 Å². The van der Waals surface area contributed by atoms with Crippen LogP contribution in [0, 0.1) is 5.92 Å². The molecule has 1 aliphatic carbocycles. The molecule has 1 fully saturated rings. The van der Waals surface area contributed by atoms with Crippen LogP contribution in [-0.4, -0.2) is 77.3 Å². The van der Waals surface area contributed by atoms with Crippen molar-refractivity contribution < 1.29 is 29.3 Å². The molecule has 0 spiro atoms. The minimum atomic E-state index is -1.06. The summed E-state index contributed by atoms with van der Waals surface area (Å²) >= 11 is 0. The van der Waals surface area contributed by atoms with Gasteiger partial charge in [0.2, 0.25) is 5.91 Å². The summed E-state index contributed by atoms with van der Waals surface area (Å²) in [5.74, 6) is -0.883. The molecule has 3 aromatic carbocycles. The second-order valence-corrected chi connectivity index (χ2v) is 13.8. The van der Waals surface area contributed by atoms with Gasteiger partial charge in [0.05, 0.1) is 37.5 Å². The number of fused-ring (bicyclic) bond motifs is 1. The monoisotopic (exact) mass is 643 g/mol. The van der Waals surface area contributed by atoms with E-state index in [4.69, 9.17) is 9.47 Å². The van der Waals surface area contributed by atoms with Crippen LogP contribution < -0.4 is 10.6 Å². The van der Waals surface area contributed by atoms with Crippen LogP contribution in [0.25, 0.3) is 0 Å². The number of carbonyl (C=O) groups excluding carboxylic acids is 2. The fourth-order valence-electron chi connectivity index (χ4n) is 6.45. The van der Waals surface area contributed by atoms with Gasteiger partial charge >= 0.3 is 6.09 Å². The maximum Gasteiger partial charge on any atom is 0.407 e. The first-order valence-corrected chi connectivity index (χ1v) is 16.7. The van der Waals surface area contributed by atoms with Crippen LogP contribution in [0.5, 0.6) is 0 Å². The molecule has 9 nitrogen and oxygen atoms in total. The Hall–Kier alpha value is -3.76. The van der Waals surface area contributed by atoms with E-state index in [1.807, 2.05) is 66.7 Å². The number of aliphatic hydroxyl groups excluding tert-OH is 2. The first kappa shape index (κ1) is 34.6. The molecule has 5 rings (SSSR count). The lowest BCUT2D eigenvalue weighted by atomic mass is 9.88. The lowest BCUT2D eigenvalue weighted by Gasteiger charge is -2.30. The van der Waals surface area contributed by atoms with Crippen LogP contribution in [0.4, 0.5) is 4.79 Å². The number of nitrogens with zero attached hydrogens (tertiary/aromatic N) is 1. The van der Waals surface area contributed by atoms with Crippen molar-refractivity contribution in [2.24, 2.45) is 5.92 Å². The molecule has 1 saturated heterocycles. The van der Waals surface area contributed by atoms with Crippen molar-refractivity contribution in [3.63, 3.8) is 0 Å². The average Bonchev–Trinajstić information content (AvgIpc) is 3.35. The van der Waals surface area contributed by atoms with E-state index >= 15 is 0 Å². The Morgan fingerprint density at radius 2 is 1.55 bits per heavy atom. The highest BCUT2D eigenvalue weighted by Gasteiger charge is 2.35. The van der Waals surface area contributed by atoms with Gasteiger partial charge in [-0.05, 0) is 67.9 Å². The summed E-state index contributed by atoms with van der Waals surface area (Å²) in [6.07, 6.45) is -1.10. The summed E-state index contributed by atoms with van der Waals surface area (Å²) < 4.78 is 11.0. The Labute approximate surface area is 278 Å². The van der Waals surface area contributed by atoms with Crippen LogP contribution in [-0.2, 0) is 40.1 Å². The molecule has 0 saturated carbocycles. The highest BCUT2D eigenvalue weighted by atomic mass is 16.6. The lowest BCUT2D eigenvalue weighted by Crippen LogP contribution is -2.48. The number of amides is 2. The first-order valence-electron chi connectivity index (χ1n) is 16.7. The van der Waals surface area contributed by atoms with Crippen LogP contribution in [0.3, 0.4) is 0 Å². The molecule has 47 heavy (non-hydrogen) atoms. The van der Waals surface area contributed by atoms with Crippen molar-refractivity contribution >= 4 is 12.0 Å². The van der Waals surface area contributed by atoms with Gasteiger partial charge in [0, 0.05) is 32.0 Å². The van der Waals surface area contributed by atoms with E-state index < -0.39 is 41.9 Å². The van der Waals surface area contributed by atoms with Gasteiger partial charge in [-0.2, -0.15) is 0 Å². The van der Waals surface area contributed by atoms with E-state index in [0.717, 1.165) is 55.1 Å². The Balaban J connectivity index is 1.35. The van der Waals surface area contributed by atoms with Crippen LogP contribution in [0.2, 0.25) is 0 Å². The minimum absolute atomic E-state index is 0.0964. The topological polar surface area (TPSA) is 120 Å². The minimum Gasteiger partial charge on any atom is -0.444 e. The summed E-state index contributed by atoms with van der Waals surface area (Å²) in [7, 11) is 0. The third-order valence-corrected chi connectivity index (χ3v) is 8.88. The highest BCUT2D eigenvalue weighted by Crippen LogP contribution is 2.32. The Morgan fingerprint density at radius 1 is 0.915 bits per heavy atom. The Bertz CT molecular complexity index is 1450. The van der Waals surface area contributed by atoms with Crippen molar-refractivity contribution in [1.82, 2.24) is 15.5 Å². The summed E-state index contributed by atoms with van der Waals surface area (Å²) in [5, 5.41) is 28.6. The predicted octanol–water partition coefficient (Wildman–Crippen LogP) is 4.34. The van der Waals surface area contributed by atoms with E-state index in [9.17, 15) is 19.8 Å². The number of ether oxygens (including phenoxy) is 2. The van der Waals surface area contributed by atoms with Gasteiger partial charge in [0.25, 0.3) is 0 Å². The second-order valence-electron chi connectivity index (χ2n) is 13.8. The molecule has 4 N–H and O–H groups in total. The summed E-state index contributed by atoms with van der Waals surface area (Å²) in [6, 6.07) is 24.4. The van der Waals surface area contributed by atoms with Crippen molar-refractivity contribution in [1.29, 1.82) is 0 Å². The summed E-state index contributed by atoms with van der Waals surface area (Å²) in [4.78, 5) is 29.3. The predicted molar refractivity (Wildman–Crippen MR) is 181 cm³/mol. The summed E-state index contributed by atoms with van der Waals surface area (Å²) in [6.45, 7) is 9.49. The Morgan fingerprint density at radius 3 is 2.26 bits per heavy atom. The van der Waals surface area contributed by atoms with Gasteiger partial charge in [-0.15, -0.1) is 0 Å². The maximum atomic E-state index is 14.1. The molecule has 0 radical (unpaired) electrons. The number of hydrogen-bond acceptors (Lipinski definition) is 7. The van der Waals surface area contributed by atoms with E-state index in [0.29, 0.717) is 19.3 Å². The third-order valence-electron chi connectivity index (χ3n) is 8.88. The van der Waals surface area contributed by atoms with E-state index in [1.165, 1.54) is 5.56 Å². The van der Waals surface area contributed by atoms with Gasteiger partial charge in [-0.3, -0.25) is 9.69 Å². The highest BCUT2D eigenvalue weighted by molar-refractivity contribution is 5.80. The van der Waals surface area contributed by atoms with Crippen LogP contribution >= 0.6 is 0 Å². The molecule has 9 heteroatoms. The van der Waals surface area contributed by atoms with Crippen molar-refractivity contribution in [2.45, 2.75) is 82.9 Å². The molecule has 0 unspecified atom stereocenters. The zero-order chi connectivity index (χ0) is 33.4. The Kier molecular flexibility index (Phi) is 11.7. The third kappa shape index (κ3) is 10.1. The van der Waals surface area contributed by atoms with Crippen molar-refractivity contribution in [2.75, 3.05) is 26.3 Å². The van der Waals surface area contributed by atoms with Gasteiger partial charge in [-0.25, -0.2) is 4.79 Å². The molecule has 252 valence electrons. The van der Waals surface area contributed by atoms with E-state index in [2.05, 4.69) is 27.7 Å².